The Morgan fingerprint density at radius 1 is 1.35 bits per heavy atom. The van der Waals surface area contributed by atoms with Gasteiger partial charge in [0.1, 0.15) is 11.5 Å². The van der Waals surface area contributed by atoms with E-state index in [1.165, 1.54) is 0 Å². The molecule has 1 unspecified atom stereocenters. The Morgan fingerprint density at radius 3 is 2.95 bits per heavy atom. The van der Waals surface area contributed by atoms with Gasteiger partial charge in [-0.1, -0.05) is 12.1 Å². The van der Waals surface area contributed by atoms with Crippen molar-refractivity contribution in [2.24, 2.45) is 0 Å². The number of hydrogen-bond acceptors (Lipinski definition) is 5. The largest absolute Gasteiger partial charge is 0.464 e. The van der Waals surface area contributed by atoms with Gasteiger partial charge in [0.2, 0.25) is 0 Å². The molecule has 20 heavy (non-hydrogen) atoms. The molecular formula is C15H20N2O3. The van der Waals surface area contributed by atoms with Crippen LogP contribution in [0, 0.1) is 6.92 Å². The topological polar surface area (TPSA) is 51.6 Å². The third kappa shape index (κ3) is 2.78. The second-order valence-corrected chi connectivity index (χ2v) is 5.15. The summed E-state index contributed by atoms with van der Waals surface area (Å²) in [4.78, 5) is 2.32. The summed E-state index contributed by atoms with van der Waals surface area (Å²) < 4.78 is 16.8. The van der Waals surface area contributed by atoms with E-state index in [-0.39, 0.29) is 6.04 Å². The van der Waals surface area contributed by atoms with Gasteiger partial charge in [-0.15, -0.1) is 0 Å². The van der Waals surface area contributed by atoms with Crippen molar-refractivity contribution in [1.82, 2.24) is 10.1 Å². The number of nitrogens with zero attached hydrogens (tertiary/aromatic N) is 2. The molecule has 0 spiro atoms. The van der Waals surface area contributed by atoms with Crippen molar-refractivity contribution in [1.29, 1.82) is 0 Å². The molecule has 1 atom stereocenters. The van der Waals surface area contributed by atoms with Crippen molar-refractivity contribution in [3.8, 4) is 0 Å². The summed E-state index contributed by atoms with van der Waals surface area (Å²) >= 11 is 0. The molecule has 1 aliphatic heterocycles. The highest BCUT2D eigenvalue weighted by Gasteiger charge is 2.28. The molecule has 2 aromatic heterocycles. The Hall–Kier alpha value is -1.59. The van der Waals surface area contributed by atoms with Gasteiger partial charge in [0.15, 0.2) is 5.76 Å². The Balaban J connectivity index is 1.76. The van der Waals surface area contributed by atoms with Gasteiger partial charge >= 0.3 is 0 Å². The van der Waals surface area contributed by atoms with Crippen LogP contribution in [0.1, 0.15) is 35.9 Å². The third-order valence-corrected chi connectivity index (χ3v) is 3.63. The maximum atomic E-state index is 5.88. The minimum Gasteiger partial charge on any atom is -0.464 e. The Morgan fingerprint density at radius 2 is 2.25 bits per heavy atom. The van der Waals surface area contributed by atoms with Gasteiger partial charge in [-0.05, 0) is 19.1 Å². The number of ether oxygens (including phenoxy) is 1. The van der Waals surface area contributed by atoms with Crippen molar-refractivity contribution in [2.45, 2.75) is 32.9 Å². The molecule has 0 bridgehead atoms. The van der Waals surface area contributed by atoms with E-state index in [1.807, 2.05) is 19.1 Å². The van der Waals surface area contributed by atoms with Crippen molar-refractivity contribution in [3.05, 3.63) is 41.2 Å². The molecule has 1 aliphatic rings. The minimum atomic E-state index is 0.148. The lowest BCUT2D eigenvalue weighted by atomic mass is 10.1. The predicted octanol–water partition coefficient (Wildman–Crippen LogP) is 2.71. The average molecular weight is 276 g/mol. The van der Waals surface area contributed by atoms with Gasteiger partial charge in [0, 0.05) is 19.0 Å². The first kappa shape index (κ1) is 13.4. The molecule has 0 aliphatic carbocycles. The summed E-state index contributed by atoms with van der Waals surface area (Å²) in [5.74, 6) is 2.87. The molecule has 0 amide bonds. The number of aryl methyl sites for hydroxylation is 2. The van der Waals surface area contributed by atoms with Crippen LogP contribution in [0.25, 0.3) is 0 Å². The molecule has 2 aromatic rings. The first-order chi connectivity index (χ1) is 9.76. The normalized spacial score (nSPS) is 20.4. The molecule has 0 radical (unpaired) electrons. The van der Waals surface area contributed by atoms with Crippen molar-refractivity contribution >= 4 is 0 Å². The summed E-state index contributed by atoms with van der Waals surface area (Å²) in [6.45, 7) is 7.03. The molecule has 3 heterocycles. The zero-order valence-corrected chi connectivity index (χ0v) is 12.0. The van der Waals surface area contributed by atoms with E-state index in [0.717, 1.165) is 49.1 Å². The molecule has 1 saturated heterocycles. The fourth-order valence-corrected chi connectivity index (χ4v) is 2.54. The minimum absolute atomic E-state index is 0.148. The lowest BCUT2D eigenvalue weighted by Crippen LogP contribution is -2.38. The SMILES string of the molecule is CCc1ccc(C2COCCN2Cc2cc(C)no2)o1. The Bertz CT molecular complexity index is 561. The zero-order valence-electron chi connectivity index (χ0n) is 12.0. The lowest BCUT2D eigenvalue weighted by Gasteiger charge is -2.33. The summed E-state index contributed by atoms with van der Waals surface area (Å²) in [6.07, 6.45) is 0.912. The molecule has 0 aromatic carbocycles. The van der Waals surface area contributed by atoms with Crippen LogP contribution in [0.5, 0.6) is 0 Å². The van der Waals surface area contributed by atoms with E-state index >= 15 is 0 Å². The van der Waals surface area contributed by atoms with Crippen molar-refractivity contribution < 1.29 is 13.7 Å². The second-order valence-electron chi connectivity index (χ2n) is 5.15. The Kier molecular flexibility index (Phi) is 3.89. The van der Waals surface area contributed by atoms with Crippen LogP contribution in [0.3, 0.4) is 0 Å². The number of furan rings is 1. The Labute approximate surface area is 118 Å². The molecule has 0 N–H and O–H groups in total. The molecule has 0 saturated carbocycles. The van der Waals surface area contributed by atoms with E-state index in [9.17, 15) is 0 Å². The maximum absolute atomic E-state index is 5.88. The van der Waals surface area contributed by atoms with Crippen LogP contribution in [0.4, 0.5) is 0 Å². The summed E-state index contributed by atoms with van der Waals surface area (Å²) in [7, 11) is 0. The fraction of sp³-hybridized carbons (Fsp3) is 0.533. The molecule has 3 rings (SSSR count). The zero-order chi connectivity index (χ0) is 13.9. The van der Waals surface area contributed by atoms with Gasteiger partial charge in [-0.3, -0.25) is 4.90 Å². The third-order valence-electron chi connectivity index (χ3n) is 3.63. The predicted molar refractivity (Wildman–Crippen MR) is 73.3 cm³/mol. The van der Waals surface area contributed by atoms with Crippen LogP contribution >= 0.6 is 0 Å². The monoisotopic (exact) mass is 276 g/mol. The molecular weight excluding hydrogens is 256 g/mol. The van der Waals surface area contributed by atoms with Crippen molar-refractivity contribution in [2.75, 3.05) is 19.8 Å². The maximum Gasteiger partial charge on any atom is 0.150 e. The van der Waals surface area contributed by atoms with Gasteiger partial charge in [0.05, 0.1) is 31.5 Å². The molecule has 108 valence electrons. The van der Waals surface area contributed by atoms with Crippen LogP contribution in [-0.2, 0) is 17.7 Å². The van der Waals surface area contributed by atoms with Crippen LogP contribution in [0.2, 0.25) is 0 Å². The van der Waals surface area contributed by atoms with Gasteiger partial charge in [-0.25, -0.2) is 0 Å². The van der Waals surface area contributed by atoms with E-state index in [4.69, 9.17) is 13.7 Å². The quantitative estimate of drug-likeness (QED) is 0.859. The van der Waals surface area contributed by atoms with Gasteiger partial charge in [-0.2, -0.15) is 0 Å². The summed E-state index contributed by atoms with van der Waals surface area (Å²) in [5, 5.41) is 3.94. The van der Waals surface area contributed by atoms with Gasteiger partial charge in [0.25, 0.3) is 0 Å². The van der Waals surface area contributed by atoms with E-state index in [2.05, 4.69) is 23.0 Å². The lowest BCUT2D eigenvalue weighted by molar-refractivity contribution is -0.0238. The highest BCUT2D eigenvalue weighted by Crippen LogP contribution is 2.27. The molecule has 5 heteroatoms. The van der Waals surface area contributed by atoms with Crippen LogP contribution in [-0.4, -0.2) is 29.8 Å². The summed E-state index contributed by atoms with van der Waals surface area (Å²) in [6, 6.07) is 6.22. The fourth-order valence-electron chi connectivity index (χ4n) is 2.54. The summed E-state index contributed by atoms with van der Waals surface area (Å²) in [5.41, 5.74) is 0.913. The molecule has 1 fully saturated rings. The number of rotatable bonds is 4. The first-order valence-corrected chi connectivity index (χ1v) is 7.09. The highest BCUT2D eigenvalue weighted by molar-refractivity contribution is 5.12. The van der Waals surface area contributed by atoms with E-state index < -0.39 is 0 Å². The second kappa shape index (κ2) is 5.81. The number of hydrogen-bond donors (Lipinski definition) is 0. The van der Waals surface area contributed by atoms with Crippen LogP contribution < -0.4 is 0 Å². The number of aromatic nitrogens is 1. The van der Waals surface area contributed by atoms with Crippen LogP contribution in [0.15, 0.2) is 27.1 Å². The average Bonchev–Trinajstić information content (AvgIpc) is 3.08. The standard InChI is InChI=1S/C15H20N2O3/c1-3-12-4-5-15(19-12)14-10-18-7-6-17(14)9-13-8-11(2)16-20-13/h4-5,8,14H,3,6-7,9-10H2,1-2H3. The smallest absolute Gasteiger partial charge is 0.150 e. The van der Waals surface area contributed by atoms with Gasteiger partial charge < -0.3 is 13.7 Å². The van der Waals surface area contributed by atoms with E-state index in [1.54, 1.807) is 0 Å². The van der Waals surface area contributed by atoms with E-state index in [0.29, 0.717) is 6.61 Å². The molecule has 5 nitrogen and oxygen atoms in total. The highest BCUT2D eigenvalue weighted by atomic mass is 16.5. The number of morpholine rings is 1. The van der Waals surface area contributed by atoms with Crippen molar-refractivity contribution in [3.63, 3.8) is 0 Å². The first-order valence-electron chi connectivity index (χ1n) is 7.09.